The van der Waals surface area contributed by atoms with E-state index in [4.69, 9.17) is 0 Å². The van der Waals surface area contributed by atoms with Crippen molar-refractivity contribution in [3.8, 4) is 0 Å². The maximum Gasteiger partial charge on any atom is 0.0638 e. The molecule has 0 spiro atoms. The van der Waals surface area contributed by atoms with Crippen LogP contribution in [-0.4, -0.2) is 15.3 Å². The van der Waals surface area contributed by atoms with Crippen LogP contribution in [0, 0.1) is 6.92 Å². The minimum atomic E-state index is 0.156. The van der Waals surface area contributed by atoms with Gasteiger partial charge in [-0.05, 0) is 40.5 Å². The minimum Gasteiger partial charge on any atom is -0.308 e. The molecule has 0 radical (unpaired) electrons. The maximum absolute atomic E-state index is 4.63. The Morgan fingerprint density at radius 3 is 2.35 bits per heavy atom. The molecule has 1 aromatic rings. The van der Waals surface area contributed by atoms with Crippen molar-refractivity contribution in [2.75, 3.05) is 0 Å². The highest BCUT2D eigenvalue weighted by Crippen LogP contribution is 2.17. The molecular formula is C14H27N3. The Labute approximate surface area is 106 Å². The van der Waals surface area contributed by atoms with Gasteiger partial charge in [-0.25, -0.2) is 0 Å². The van der Waals surface area contributed by atoms with Crippen LogP contribution in [0.25, 0.3) is 0 Å². The summed E-state index contributed by atoms with van der Waals surface area (Å²) >= 11 is 0. The third-order valence-corrected chi connectivity index (χ3v) is 3.14. The van der Waals surface area contributed by atoms with Gasteiger partial charge in [0.05, 0.1) is 11.7 Å². The van der Waals surface area contributed by atoms with Gasteiger partial charge in [0.15, 0.2) is 0 Å². The molecule has 0 aliphatic heterocycles. The van der Waals surface area contributed by atoms with Crippen LogP contribution in [0.2, 0.25) is 0 Å². The third kappa shape index (κ3) is 4.15. The predicted molar refractivity (Wildman–Crippen MR) is 73.2 cm³/mol. The predicted octanol–water partition coefficient (Wildman–Crippen LogP) is 3.44. The molecule has 98 valence electrons. The molecule has 0 aliphatic rings. The summed E-state index contributed by atoms with van der Waals surface area (Å²) in [6.45, 7) is 14.0. The van der Waals surface area contributed by atoms with Gasteiger partial charge in [0.2, 0.25) is 0 Å². The average molecular weight is 237 g/mol. The van der Waals surface area contributed by atoms with E-state index < -0.39 is 0 Å². The van der Waals surface area contributed by atoms with Gasteiger partial charge in [-0.3, -0.25) is 4.68 Å². The second kappa shape index (κ2) is 5.67. The summed E-state index contributed by atoms with van der Waals surface area (Å²) in [5, 5.41) is 8.14. The highest BCUT2D eigenvalue weighted by molar-refractivity contribution is 5.15. The van der Waals surface area contributed by atoms with E-state index in [2.05, 4.69) is 62.8 Å². The van der Waals surface area contributed by atoms with E-state index >= 15 is 0 Å². The average Bonchev–Trinajstić information content (AvgIpc) is 2.58. The fraction of sp³-hybridized carbons (Fsp3) is 0.786. The summed E-state index contributed by atoms with van der Waals surface area (Å²) in [6.07, 6.45) is 4.49. The van der Waals surface area contributed by atoms with E-state index in [1.165, 1.54) is 5.56 Å². The van der Waals surface area contributed by atoms with Gasteiger partial charge in [0, 0.05) is 23.8 Å². The van der Waals surface area contributed by atoms with Gasteiger partial charge >= 0.3 is 0 Å². The first-order valence-corrected chi connectivity index (χ1v) is 6.67. The number of nitrogens with zero attached hydrogens (tertiary/aromatic N) is 2. The van der Waals surface area contributed by atoms with Crippen molar-refractivity contribution in [2.24, 2.45) is 0 Å². The number of rotatable bonds is 5. The molecule has 0 amide bonds. The lowest BCUT2D eigenvalue weighted by Crippen LogP contribution is -2.35. The van der Waals surface area contributed by atoms with Crippen LogP contribution >= 0.6 is 0 Å². The van der Waals surface area contributed by atoms with E-state index in [1.807, 2.05) is 0 Å². The molecule has 3 nitrogen and oxygen atoms in total. The number of hydrogen-bond acceptors (Lipinski definition) is 2. The first kappa shape index (κ1) is 14.2. The zero-order chi connectivity index (χ0) is 13.1. The summed E-state index contributed by atoms with van der Waals surface area (Å²) in [7, 11) is 0. The largest absolute Gasteiger partial charge is 0.308 e. The van der Waals surface area contributed by atoms with Crippen LogP contribution in [0.5, 0.6) is 0 Å². The quantitative estimate of drug-likeness (QED) is 0.850. The number of aryl methyl sites for hydroxylation is 1. The summed E-state index contributed by atoms with van der Waals surface area (Å²) in [4.78, 5) is 0. The fourth-order valence-corrected chi connectivity index (χ4v) is 1.90. The second-order valence-corrected chi connectivity index (χ2v) is 5.79. The molecule has 1 aromatic heterocycles. The van der Waals surface area contributed by atoms with Gasteiger partial charge in [-0.15, -0.1) is 0 Å². The van der Waals surface area contributed by atoms with Crippen molar-refractivity contribution in [1.29, 1.82) is 0 Å². The van der Waals surface area contributed by atoms with Gasteiger partial charge < -0.3 is 5.32 Å². The van der Waals surface area contributed by atoms with Crippen molar-refractivity contribution < 1.29 is 0 Å². The zero-order valence-corrected chi connectivity index (χ0v) is 12.2. The lowest BCUT2D eigenvalue weighted by Gasteiger charge is -2.20. The molecule has 0 fully saturated rings. The van der Waals surface area contributed by atoms with Crippen LogP contribution < -0.4 is 5.32 Å². The van der Waals surface area contributed by atoms with E-state index in [9.17, 15) is 0 Å². The summed E-state index contributed by atoms with van der Waals surface area (Å²) in [5.41, 5.74) is 2.61. The Balaban J connectivity index is 2.74. The molecule has 0 aliphatic carbocycles. The minimum absolute atomic E-state index is 0.156. The summed E-state index contributed by atoms with van der Waals surface area (Å²) in [5.74, 6) is 0. The van der Waals surface area contributed by atoms with Crippen LogP contribution in [0.4, 0.5) is 0 Å². The summed E-state index contributed by atoms with van der Waals surface area (Å²) < 4.78 is 2.13. The van der Waals surface area contributed by atoms with Crippen molar-refractivity contribution in [2.45, 2.75) is 72.5 Å². The van der Waals surface area contributed by atoms with E-state index in [0.29, 0.717) is 6.04 Å². The highest BCUT2D eigenvalue weighted by atomic mass is 15.3. The molecule has 0 unspecified atom stereocenters. The smallest absolute Gasteiger partial charge is 0.0638 e. The van der Waals surface area contributed by atoms with Crippen molar-refractivity contribution in [3.05, 3.63) is 17.5 Å². The molecule has 0 aromatic carbocycles. The SMILES string of the molecule is CCC(CC)n1cc(CNC(C)(C)C)c(C)n1. The van der Waals surface area contributed by atoms with Gasteiger partial charge in [-0.2, -0.15) is 5.10 Å². The molecule has 0 bridgehead atoms. The molecule has 17 heavy (non-hydrogen) atoms. The van der Waals surface area contributed by atoms with E-state index in [0.717, 1.165) is 25.1 Å². The van der Waals surface area contributed by atoms with E-state index in [1.54, 1.807) is 0 Å². The monoisotopic (exact) mass is 237 g/mol. The Morgan fingerprint density at radius 1 is 1.29 bits per heavy atom. The van der Waals surface area contributed by atoms with Crippen molar-refractivity contribution >= 4 is 0 Å². The van der Waals surface area contributed by atoms with Crippen LogP contribution in [-0.2, 0) is 6.54 Å². The normalized spacial score (nSPS) is 12.4. The molecular weight excluding hydrogens is 210 g/mol. The van der Waals surface area contributed by atoms with Gasteiger partial charge in [0.1, 0.15) is 0 Å². The Morgan fingerprint density at radius 2 is 1.88 bits per heavy atom. The highest BCUT2D eigenvalue weighted by Gasteiger charge is 2.13. The lowest BCUT2D eigenvalue weighted by atomic mass is 10.1. The van der Waals surface area contributed by atoms with E-state index in [-0.39, 0.29) is 5.54 Å². The first-order valence-electron chi connectivity index (χ1n) is 6.67. The van der Waals surface area contributed by atoms with Gasteiger partial charge in [-0.1, -0.05) is 13.8 Å². The molecule has 0 atom stereocenters. The number of aromatic nitrogens is 2. The Kier molecular flexibility index (Phi) is 4.75. The fourth-order valence-electron chi connectivity index (χ4n) is 1.90. The number of hydrogen-bond donors (Lipinski definition) is 1. The van der Waals surface area contributed by atoms with Crippen molar-refractivity contribution in [3.63, 3.8) is 0 Å². The second-order valence-electron chi connectivity index (χ2n) is 5.79. The molecule has 1 heterocycles. The standard InChI is InChI=1S/C14H27N3/c1-7-13(8-2)17-10-12(11(3)16-17)9-15-14(4,5)6/h10,13,15H,7-9H2,1-6H3. The first-order chi connectivity index (χ1) is 7.87. The molecule has 1 rings (SSSR count). The van der Waals surface area contributed by atoms with Crippen LogP contribution in [0.1, 0.15) is 64.8 Å². The molecule has 3 heteroatoms. The molecule has 0 saturated carbocycles. The topological polar surface area (TPSA) is 29.9 Å². The number of nitrogens with one attached hydrogen (secondary N) is 1. The lowest BCUT2D eigenvalue weighted by molar-refractivity contribution is 0.419. The molecule has 1 N–H and O–H groups in total. The third-order valence-electron chi connectivity index (χ3n) is 3.14. The molecule has 0 saturated heterocycles. The Bertz CT molecular complexity index is 343. The van der Waals surface area contributed by atoms with Crippen molar-refractivity contribution in [1.82, 2.24) is 15.1 Å². The van der Waals surface area contributed by atoms with Crippen LogP contribution in [0.3, 0.4) is 0 Å². The zero-order valence-electron chi connectivity index (χ0n) is 12.2. The maximum atomic E-state index is 4.63. The van der Waals surface area contributed by atoms with Crippen LogP contribution in [0.15, 0.2) is 6.20 Å². The van der Waals surface area contributed by atoms with Gasteiger partial charge in [0.25, 0.3) is 0 Å². The Hall–Kier alpha value is -0.830. The summed E-state index contributed by atoms with van der Waals surface area (Å²) in [6, 6.07) is 0.539.